The second-order valence-electron chi connectivity index (χ2n) is 3.62. The van der Waals surface area contributed by atoms with Crippen molar-refractivity contribution in [2.24, 2.45) is 0 Å². The zero-order chi connectivity index (χ0) is 10.1. The van der Waals surface area contributed by atoms with Gasteiger partial charge in [0.2, 0.25) is 0 Å². The Morgan fingerprint density at radius 2 is 2.21 bits per heavy atom. The van der Waals surface area contributed by atoms with E-state index in [1.165, 1.54) is 0 Å². The van der Waals surface area contributed by atoms with Gasteiger partial charge in [-0.25, -0.2) is 0 Å². The summed E-state index contributed by atoms with van der Waals surface area (Å²) in [6, 6.07) is 5.91. The van der Waals surface area contributed by atoms with Gasteiger partial charge in [0.15, 0.2) is 0 Å². The average Bonchev–Trinajstić information content (AvgIpc) is 2.59. The summed E-state index contributed by atoms with van der Waals surface area (Å²) in [5, 5.41) is 5.34. The van der Waals surface area contributed by atoms with Crippen LogP contribution in [0.4, 0.5) is 0 Å². The lowest BCUT2D eigenvalue weighted by Crippen LogP contribution is -2.02. The first-order chi connectivity index (χ1) is 6.72. The van der Waals surface area contributed by atoms with E-state index in [-0.39, 0.29) is 0 Å². The van der Waals surface area contributed by atoms with Crippen molar-refractivity contribution >= 4 is 17.2 Å². The molecule has 72 valence electrons. The first-order valence-corrected chi connectivity index (χ1v) is 4.65. The van der Waals surface area contributed by atoms with Gasteiger partial charge in [0.05, 0.1) is 11.7 Å². The van der Waals surface area contributed by atoms with Crippen LogP contribution in [0.3, 0.4) is 0 Å². The minimum atomic E-state index is 0.314. The lowest BCUT2D eigenvalue weighted by atomic mass is 10.2. The molecule has 1 aromatic carbocycles. The molecule has 0 unspecified atom stereocenters. The Kier molecular flexibility index (Phi) is 2.08. The predicted octanol–water partition coefficient (Wildman–Crippen LogP) is 2.43. The fourth-order valence-electron chi connectivity index (χ4n) is 1.54. The maximum Gasteiger partial charge on any atom is 0.150 e. The maximum atomic E-state index is 10.6. The summed E-state index contributed by atoms with van der Waals surface area (Å²) in [7, 11) is 0. The first-order valence-electron chi connectivity index (χ1n) is 4.65. The summed E-state index contributed by atoms with van der Waals surface area (Å²) in [6.07, 6.45) is 2.68. The van der Waals surface area contributed by atoms with E-state index in [0.717, 1.165) is 17.2 Å². The second kappa shape index (κ2) is 3.25. The fraction of sp³-hybridized carbons (Fsp3) is 0.273. The molecular weight excluding hydrogens is 176 g/mol. The van der Waals surface area contributed by atoms with E-state index in [4.69, 9.17) is 0 Å². The number of nitrogens with zero attached hydrogens (tertiary/aromatic N) is 2. The number of benzene rings is 1. The zero-order valence-electron chi connectivity index (χ0n) is 8.27. The van der Waals surface area contributed by atoms with Crippen LogP contribution in [-0.2, 0) is 0 Å². The number of aldehydes is 1. The number of carbonyl (C=O) groups excluding carboxylic acids is 1. The van der Waals surface area contributed by atoms with Crippen LogP contribution < -0.4 is 0 Å². The van der Waals surface area contributed by atoms with Crippen molar-refractivity contribution in [3.05, 3.63) is 30.0 Å². The van der Waals surface area contributed by atoms with Crippen LogP contribution in [-0.4, -0.2) is 16.1 Å². The van der Waals surface area contributed by atoms with Gasteiger partial charge in [-0.1, -0.05) is 12.1 Å². The minimum Gasteiger partial charge on any atom is -0.298 e. The van der Waals surface area contributed by atoms with Crippen LogP contribution in [0, 0.1) is 0 Å². The Morgan fingerprint density at radius 3 is 2.86 bits per heavy atom. The van der Waals surface area contributed by atoms with Crippen molar-refractivity contribution in [2.75, 3.05) is 0 Å². The summed E-state index contributed by atoms with van der Waals surface area (Å²) in [4.78, 5) is 10.6. The quantitative estimate of drug-likeness (QED) is 0.678. The Morgan fingerprint density at radius 1 is 1.43 bits per heavy atom. The molecule has 0 aliphatic rings. The molecule has 0 saturated carbocycles. The highest BCUT2D eigenvalue weighted by molar-refractivity contribution is 5.86. The molecule has 3 nitrogen and oxygen atoms in total. The zero-order valence-corrected chi connectivity index (χ0v) is 8.27. The van der Waals surface area contributed by atoms with Crippen molar-refractivity contribution in [3.63, 3.8) is 0 Å². The molecule has 0 atom stereocenters. The first kappa shape index (κ1) is 8.94. The molecular formula is C11H12N2O. The molecule has 14 heavy (non-hydrogen) atoms. The Hall–Kier alpha value is -1.64. The van der Waals surface area contributed by atoms with Gasteiger partial charge in [-0.3, -0.25) is 9.48 Å². The number of hydrogen-bond acceptors (Lipinski definition) is 2. The Bertz CT molecular complexity index is 471. The van der Waals surface area contributed by atoms with E-state index in [2.05, 4.69) is 18.9 Å². The molecule has 0 amide bonds. The monoisotopic (exact) mass is 188 g/mol. The van der Waals surface area contributed by atoms with E-state index in [1.54, 1.807) is 0 Å². The molecule has 2 aromatic rings. The van der Waals surface area contributed by atoms with Gasteiger partial charge in [0.25, 0.3) is 0 Å². The highest BCUT2D eigenvalue weighted by Gasteiger charge is 2.05. The standard InChI is InChI=1S/C11H12N2O/c1-8(2)13-11-5-9(7-14)3-4-10(11)6-12-13/h3-8H,1-2H3. The van der Waals surface area contributed by atoms with Gasteiger partial charge in [-0.05, 0) is 19.9 Å². The maximum absolute atomic E-state index is 10.6. The second-order valence-corrected chi connectivity index (χ2v) is 3.62. The van der Waals surface area contributed by atoms with Crippen molar-refractivity contribution in [1.29, 1.82) is 0 Å². The molecule has 0 N–H and O–H groups in total. The molecule has 0 fully saturated rings. The molecule has 1 aromatic heterocycles. The topological polar surface area (TPSA) is 34.9 Å². The van der Waals surface area contributed by atoms with Gasteiger partial charge in [-0.2, -0.15) is 5.10 Å². The number of hydrogen-bond donors (Lipinski definition) is 0. The van der Waals surface area contributed by atoms with Gasteiger partial charge in [0.1, 0.15) is 6.29 Å². The molecule has 1 heterocycles. The van der Waals surface area contributed by atoms with E-state index in [0.29, 0.717) is 11.6 Å². The third-order valence-corrected chi connectivity index (χ3v) is 2.25. The molecule has 0 spiro atoms. The molecule has 0 aliphatic carbocycles. The summed E-state index contributed by atoms with van der Waals surface area (Å²) in [5.41, 5.74) is 1.71. The lowest BCUT2D eigenvalue weighted by molar-refractivity contribution is 0.112. The summed E-state index contributed by atoms with van der Waals surface area (Å²) in [5.74, 6) is 0. The third-order valence-electron chi connectivity index (χ3n) is 2.25. The molecule has 3 heteroatoms. The van der Waals surface area contributed by atoms with Crippen LogP contribution in [0.15, 0.2) is 24.4 Å². The van der Waals surface area contributed by atoms with Gasteiger partial charge in [-0.15, -0.1) is 0 Å². The molecule has 0 bridgehead atoms. The SMILES string of the molecule is CC(C)n1ncc2ccc(C=O)cc21. The largest absolute Gasteiger partial charge is 0.298 e. The van der Waals surface area contributed by atoms with E-state index >= 15 is 0 Å². The normalized spacial score (nSPS) is 11.1. The van der Waals surface area contributed by atoms with E-state index in [1.807, 2.05) is 29.1 Å². The molecule has 0 aliphatic heterocycles. The highest BCUT2D eigenvalue weighted by Crippen LogP contribution is 2.18. The molecule has 0 saturated heterocycles. The van der Waals surface area contributed by atoms with Crippen LogP contribution >= 0.6 is 0 Å². The molecule has 0 radical (unpaired) electrons. The predicted molar refractivity (Wildman–Crippen MR) is 55.5 cm³/mol. The minimum absolute atomic E-state index is 0.314. The lowest BCUT2D eigenvalue weighted by Gasteiger charge is -2.06. The number of rotatable bonds is 2. The van der Waals surface area contributed by atoms with Crippen molar-refractivity contribution in [3.8, 4) is 0 Å². The summed E-state index contributed by atoms with van der Waals surface area (Å²) >= 11 is 0. The summed E-state index contributed by atoms with van der Waals surface area (Å²) < 4.78 is 1.92. The van der Waals surface area contributed by atoms with Crippen molar-refractivity contribution in [1.82, 2.24) is 9.78 Å². The third kappa shape index (κ3) is 1.31. The smallest absolute Gasteiger partial charge is 0.150 e. The average molecular weight is 188 g/mol. The van der Waals surface area contributed by atoms with Crippen LogP contribution in [0.5, 0.6) is 0 Å². The highest BCUT2D eigenvalue weighted by atomic mass is 16.1. The van der Waals surface area contributed by atoms with Crippen molar-refractivity contribution < 1.29 is 4.79 Å². The number of carbonyl (C=O) groups is 1. The Labute approximate surface area is 82.3 Å². The van der Waals surface area contributed by atoms with Crippen LogP contribution in [0.25, 0.3) is 10.9 Å². The number of aromatic nitrogens is 2. The number of fused-ring (bicyclic) bond motifs is 1. The van der Waals surface area contributed by atoms with Crippen molar-refractivity contribution in [2.45, 2.75) is 19.9 Å². The van der Waals surface area contributed by atoms with Gasteiger partial charge >= 0.3 is 0 Å². The summed E-state index contributed by atoms with van der Waals surface area (Å²) in [6.45, 7) is 4.14. The fourth-order valence-corrected chi connectivity index (χ4v) is 1.54. The molecule has 2 rings (SSSR count). The Balaban J connectivity index is 2.69. The van der Waals surface area contributed by atoms with Gasteiger partial charge in [0, 0.05) is 17.0 Å². The van der Waals surface area contributed by atoms with E-state index < -0.39 is 0 Å². The van der Waals surface area contributed by atoms with Crippen LogP contribution in [0.2, 0.25) is 0 Å². The van der Waals surface area contributed by atoms with Crippen LogP contribution in [0.1, 0.15) is 30.2 Å². The van der Waals surface area contributed by atoms with Gasteiger partial charge < -0.3 is 0 Å². The van der Waals surface area contributed by atoms with E-state index in [9.17, 15) is 4.79 Å².